The number of fused-ring (bicyclic) bond motifs is 2. The summed E-state index contributed by atoms with van der Waals surface area (Å²) in [7, 11) is 0. The second-order valence-corrected chi connectivity index (χ2v) is 4.68. The van der Waals surface area contributed by atoms with Gasteiger partial charge in [0, 0.05) is 18.2 Å². The van der Waals surface area contributed by atoms with Crippen molar-refractivity contribution < 1.29 is 0 Å². The largest absolute Gasteiger partial charge is 0.313 e. The molecule has 2 nitrogen and oxygen atoms in total. The van der Waals surface area contributed by atoms with Gasteiger partial charge in [-0.25, -0.2) is 4.98 Å². The van der Waals surface area contributed by atoms with Crippen molar-refractivity contribution in [1.29, 1.82) is 0 Å². The summed E-state index contributed by atoms with van der Waals surface area (Å²) in [6.07, 6.45) is 4.62. The van der Waals surface area contributed by atoms with Crippen LogP contribution in [-0.4, -0.2) is 17.6 Å². The molecule has 1 aliphatic heterocycles. The van der Waals surface area contributed by atoms with Crippen LogP contribution in [0.4, 0.5) is 0 Å². The average molecular weight is 209 g/mol. The Morgan fingerprint density at radius 1 is 1.36 bits per heavy atom. The van der Waals surface area contributed by atoms with Crippen molar-refractivity contribution in [3.05, 3.63) is 29.0 Å². The maximum atomic E-state index is 5.78. The average Bonchev–Trinajstić information content (AvgIpc) is 2.78. The number of nitrogens with zero attached hydrogens (tertiary/aromatic N) is 1. The number of rotatable bonds is 1. The van der Waals surface area contributed by atoms with Gasteiger partial charge >= 0.3 is 0 Å². The number of aromatic nitrogens is 1. The molecule has 0 amide bonds. The number of piperidine rings is 1. The van der Waals surface area contributed by atoms with E-state index in [9.17, 15) is 0 Å². The SMILES string of the molecule is Clc1ccc([C@H]2[C@@H]3CC[C@H]2NC3)cn1. The molecule has 0 radical (unpaired) electrons. The summed E-state index contributed by atoms with van der Waals surface area (Å²) in [5.41, 5.74) is 1.35. The normalized spacial score (nSPS) is 35.1. The summed E-state index contributed by atoms with van der Waals surface area (Å²) in [5, 5.41) is 4.15. The molecule has 14 heavy (non-hydrogen) atoms. The van der Waals surface area contributed by atoms with Crippen molar-refractivity contribution in [2.45, 2.75) is 24.8 Å². The zero-order valence-corrected chi connectivity index (χ0v) is 8.67. The highest BCUT2D eigenvalue weighted by atomic mass is 35.5. The van der Waals surface area contributed by atoms with Gasteiger partial charge in [0.2, 0.25) is 0 Å². The van der Waals surface area contributed by atoms with E-state index in [4.69, 9.17) is 11.6 Å². The van der Waals surface area contributed by atoms with Crippen LogP contribution in [0, 0.1) is 5.92 Å². The van der Waals surface area contributed by atoms with Crippen molar-refractivity contribution in [2.24, 2.45) is 5.92 Å². The lowest BCUT2D eigenvalue weighted by atomic mass is 9.91. The Morgan fingerprint density at radius 2 is 2.29 bits per heavy atom. The van der Waals surface area contributed by atoms with Gasteiger partial charge in [0.1, 0.15) is 5.15 Å². The van der Waals surface area contributed by atoms with Gasteiger partial charge in [-0.1, -0.05) is 17.7 Å². The number of nitrogens with one attached hydrogen (secondary N) is 1. The first-order valence-electron chi connectivity index (χ1n) is 5.19. The van der Waals surface area contributed by atoms with E-state index in [0.717, 1.165) is 5.92 Å². The van der Waals surface area contributed by atoms with Crippen molar-refractivity contribution in [2.75, 3.05) is 6.54 Å². The minimum atomic E-state index is 0.590. The molecule has 0 unspecified atom stereocenters. The molecule has 0 aromatic carbocycles. The summed E-state index contributed by atoms with van der Waals surface area (Å²) in [6.45, 7) is 1.18. The van der Waals surface area contributed by atoms with Crippen molar-refractivity contribution >= 4 is 11.6 Å². The number of hydrogen-bond donors (Lipinski definition) is 1. The highest BCUT2D eigenvalue weighted by Crippen LogP contribution is 2.43. The van der Waals surface area contributed by atoms with Crippen molar-refractivity contribution in [3.63, 3.8) is 0 Å². The van der Waals surface area contributed by atoms with Crippen LogP contribution < -0.4 is 5.32 Å². The summed E-state index contributed by atoms with van der Waals surface area (Å²) in [6, 6.07) is 4.70. The molecule has 0 spiro atoms. The van der Waals surface area contributed by atoms with Gasteiger partial charge in [-0.3, -0.25) is 0 Å². The van der Waals surface area contributed by atoms with E-state index >= 15 is 0 Å². The fourth-order valence-electron chi connectivity index (χ4n) is 2.93. The Kier molecular flexibility index (Phi) is 1.99. The summed E-state index contributed by atoms with van der Waals surface area (Å²) in [4.78, 5) is 4.16. The van der Waals surface area contributed by atoms with Crippen LogP contribution in [0.1, 0.15) is 24.3 Å². The van der Waals surface area contributed by atoms with Crippen LogP contribution in [0.25, 0.3) is 0 Å². The van der Waals surface area contributed by atoms with Gasteiger partial charge < -0.3 is 5.32 Å². The van der Waals surface area contributed by atoms with Gasteiger partial charge in [-0.15, -0.1) is 0 Å². The molecule has 74 valence electrons. The lowest BCUT2D eigenvalue weighted by molar-refractivity contribution is 0.503. The predicted octanol–water partition coefficient (Wildman–Crippen LogP) is 2.20. The molecule has 2 heterocycles. The van der Waals surface area contributed by atoms with Gasteiger partial charge in [0.25, 0.3) is 0 Å². The van der Waals surface area contributed by atoms with Crippen molar-refractivity contribution in [3.8, 4) is 0 Å². The van der Waals surface area contributed by atoms with E-state index in [1.165, 1.54) is 24.9 Å². The standard InChI is InChI=1S/C11H13ClN2/c12-10-4-2-8(6-14-10)11-7-1-3-9(11)13-5-7/h2,4,6-7,9,11,13H,1,3,5H2/t7-,9-,11-/m1/s1. The van der Waals surface area contributed by atoms with Crippen LogP contribution >= 0.6 is 11.6 Å². The van der Waals surface area contributed by atoms with Crippen LogP contribution in [-0.2, 0) is 0 Å². The molecule has 1 N–H and O–H groups in total. The third-order valence-corrected chi connectivity index (χ3v) is 3.79. The Bertz CT molecular complexity index is 316. The van der Waals surface area contributed by atoms with Crippen LogP contribution in [0.5, 0.6) is 0 Å². The first kappa shape index (κ1) is 8.69. The molecule has 3 atom stereocenters. The lowest BCUT2D eigenvalue weighted by Gasteiger charge is -2.14. The lowest BCUT2D eigenvalue weighted by Crippen LogP contribution is -2.25. The highest BCUT2D eigenvalue weighted by Gasteiger charge is 2.42. The highest BCUT2D eigenvalue weighted by molar-refractivity contribution is 6.29. The van der Waals surface area contributed by atoms with Gasteiger partial charge in [-0.05, 0) is 36.9 Å². The molecular weight excluding hydrogens is 196 g/mol. The molecule has 1 saturated heterocycles. The molecule has 1 aromatic rings. The molecule has 3 heteroatoms. The second-order valence-electron chi connectivity index (χ2n) is 4.29. The zero-order valence-electron chi connectivity index (χ0n) is 7.91. The number of halogens is 1. The molecule has 1 aliphatic carbocycles. The monoisotopic (exact) mass is 208 g/mol. The smallest absolute Gasteiger partial charge is 0.129 e. The predicted molar refractivity (Wildman–Crippen MR) is 56.5 cm³/mol. The first-order chi connectivity index (χ1) is 6.84. The van der Waals surface area contributed by atoms with Crippen molar-refractivity contribution in [1.82, 2.24) is 10.3 Å². The summed E-state index contributed by atoms with van der Waals surface area (Å²) >= 11 is 5.78. The van der Waals surface area contributed by atoms with E-state index in [1.54, 1.807) is 0 Å². The summed E-state index contributed by atoms with van der Waals surface area (Å²) in [5.74, 6) is 1.50. The molecule has 2 fully saturated rings. The second kappa shape index (κ2) is 3.21. The van der Waals surface area contributed by atoms with Crippen LogP contribution in [0.15, 0.2) is 18.3 Å². The van der Waals surface area contributed by atoms with E-state index in [-0.39, 0.29) is 0 Å². The Labute approximate surface area is 88.7 Å². The Hall–Kier alpha value is -0.600. The molecular formula is C11H13ClN2. The van der Waals surface area contributed by atoms with Gasteiger partial charge in [-0.2, -0.15) is 0 Å². The van der Waals surface area contributed by atoms with Gasteiger partial charge in [0.05, 0.1) is 0 Å². The fraction of sp³-hybridized carbons (Fsp3) is 0.545. The zero-order chi connectivity index (χ0) is 9.54. The maximum absolute atomic E-state index is 5.78. The molecule has 1 aromatic heterocycles. The molecule has 2 bridgehead atoms. The van der Waals surface area contributed by atoms with E-state index in [2.05, 4.69) is 16.4 Å². The fourth-order valence-corrected chi connectivity index (χ4v) is 3.04. The molecule has 3 rings (SSSR count). The molecule has 1 saturated carbocycles. The minimum Gasteiger partial charge on any atom is -0.313 e. The molecule has 2 aliphatic rings. The van der Waals surface area contributed by atoms with E-state index < -0.39 is 0 Å². The third-order valence-electron chi connectivity index (χ3n) is 3.57. The summed E-state index contributed by atoms with van der Waals surface area (Å²) < 4.78 is 0. The van der Waals surface area contributed by atoms with E-state index in [1.807, 2.05) is 12.3 Å². The number of pyridine rings is 1. The third kappa shape index (κ3) is 1.25. The topological polar surface area (TPSA) is 24.9 Å². The Morgan fingerprint density at radius 3 is 2.79 bits per heavy atom. The minimum absolute atomic E-state index is 0.590. The maximum Gasteiger partial charge on any atom is 0.129 e. The quantitative estimate of drug-likeness (QED) is 0.716. The Balaban J connectivity index is 1.92. The van der Waals surface area contributed by atoms with Gasteiger partial charge in [0.15, 0.2) is 0 Å². The first-order valence-corrected chi connectivity index (χ1v) is 5.57. The van der Waals surface area contributed by atoms with E-state index in [0.29, 0.717) is 17.1 Å². The number of hydrogen-bond acceptors (Lipinski definition) is 2. The van der Waals surface area contributed by atoms with Crippen LogP contribution in [0.3, 0.4) is 0 Å². The van der Waals surface area contributed by atoms with Crippen LogP contribution in [0.2, 0.25) is 5.15 Å².